The minimum Gasteiger partial charge on any atom is -0.341 e. The molecular formula is C13H17Br2NO. The first-order valence-electron chi connectivity index (χ1n) is 5.41. The smallest absolute Gasteiger partial charge is 0.254 e. The van der Waals surface area contributed by atoms with Crippen LogP contribution < -0.4 is 0 Å². The van der Waals surface area contributed by atoms with Crippen LogP contribution in [0.2, 0.25) is 0 Å². The number of carbonyl (C=O) groups excluding carboxylic acids is 1. The van der Waals surface area contributed by atoms with E-state index >= 15 is 0 Å². The highest BCUT2D eigenvalue weighted by atomic mass is 79.9. The SMILES string of the molecule is CN(CC(C)(C)C)C(=O)c1ccc(Br)cc1Br. The number of amides is 1. The van der Waals surface area contributed by atoms with Crippen LogP contribution in [0, 0.1) is 5.41 Å². The van der Waals surface area contributed by atoms with Crippen LogP contribution in [0.5, 0.6) is 0 Å². The molecule has 4 heteroatoms. The second kappa shape index (κ2) is 5.53. The van der Waals surface area contributed by atoms with Crippen LogP contribution in [0.4, 0.5) is 0 Å². The van der Waals surface area contributed by atoms with E-state index in [0.717, 1.165) is 15.5 Å². The average molecular weight is 363 g/mol. The van der Waals surface area contributed by atoms with E-state index in [0.29, 0.717) is 5.56 Å². The Kier molecular flexibility index (Phi) is 4.78. The molecule has 0 N–H and O–H groups in total. The molecule has 0 aliphatic rings. The standard InChI is InChI=1S/C13H17Br2NO/c1-13(2,3)8-16(4)12(17)10-6-5-9(14)7-11(10)15/h5-7H,8H2,1-4H3. The summed E-state index contributed by atoms with van der Waals surface area (Å²) < 4.78 is 1.78. The lowest BCUT2D eigenvalue weighted by Gasteiger charge is -2.27. The fourth-order valence-electron chi connectivity index (χ4n) is 1.65. The van der Waals surface area contributed by atoms with Crippen LogP contribution in [-0.4, -0.2) is 24.4 Å². The zero-order chi connectivity index (χ0) is 13.2. The number of hydrogen-bond donors (Lipinski definition) is 0. The van der Waals surface area contributed by atoms with Gasteiger partial charge in [0.15, 0.2) is 0 Å². The largest absolute Gasteiger partial charge is 0.341 e. The Morgan fingerprint density at radius 3 is 2.35 bits per heavy atom. The van der Waals surface area contributed by atoms with E-state index in [1.165, 1.54) is 0 Å². The van der Waals surface area contributed by atoms with Crippen LogP contribution in [-0.2, 0) is 0 Å². The van der Waals surface area contributed by atoms with Crippen LogP contribution in [0.25, 0.3) is 0 Å². The predicted molar refractivity (Wildman–Crippen MR) is 78.3 cm³/mol. The number of hydrogen-bond acceptors (Lipinski definition) is 1. The van der Waals surface area contributed by atoms with Crippen LogP contribution >= 0.6 is 31.9 Å². The fraction of sp³-hybridized carbons (Fsp3) is 0.462. The van der Waals surface area contributed by atoms with Gasteiger partial charge in [-0.25, -0.2) is 0 Å². The highest BCUT2D eigenvalue weighted by Crippen LogP contribution is 2.24. The van der Waals surface area contributed by atoms with Crippen LogP contribution in [0.15, 0.2) is 27.1 Å². The third-order valence-electron chi connectivity index (χ3n) is 2.22. The van der Waals surface area contributed by atoms with Crippen molar-refractivity contribution in [1.82, 2.24) is 4.90 Å². The van der Waals surface area contributed by atoms with Crippen molar-refractivity contribution in [2.45, 2.75) is 20.8 Å². The lowest BCUT2D eigenvalue weighted by atomic mass is 9.96. The molecule has 2 nitrogen and oxygen atoms in total. The molecule has 0 bridgehead atoms. The Hall–Kier alpha value is -0.350. The quantitative estimate of drug-likeness (QED) is 0.766. The summed E-state index contributed by atoms with van der Waals surface area (Å²) in [5.41, 5.74) is 0.798. The summed E-state index contributed by atoms with van der Waals surface area (Å²) >= 11 is 6.79. The number of halogens is 2. The molecule has 0 heterocycles. The van der Waals surface area contributed by atoms with Gasteiger partial charge in [0.1, 0.15) is 0 Å². The van der Waals surface area contributed by atoms with Crippen molar-refractivity contribution < 1.29 is 4.79 Å². The topological polar surface area (TPSA) is 20.3 Å². The zero-order valence-electron chi connectivity index (χ0n) is 10.6. The summed E-state index contributed by atoms with van der Waals surface area (Å²) in [5.74, 6) is 0.0410. The molecule has 0 atom stereocenters. The van der Waals surface area contributed by atoms with E-state index in [4.69, 9.17) is 0 Å². The molecule has 17 heavy (non-hydrogen) atoms. The van der Waals surface area contributed by atoms with E-state index in [-0.39, 0.29) is 11.3 Å². The summed E-state index contributed by atoms with van der Waals surface area (Å²) in [5, 5.41) is 0. The molecule has 0 aliphatic heterocycles. The van der Waals surface area contributed by atoms with Gasteiger partial charge < -0.3 is 4.90 Å². The third kappa shape index (κ3) is 4.43. The summed E-state index contributed by atoms with van der Waals surface area (Å²) in [4.78, 5) is 14.0. The Morgan fingerprint density at radius 2 is 1.88 bits per heavy atom. The molecule has 0 aliphatic carbocycles. The minimum absolute atomic E-state index is 0.0410. The van der Waals surface area contributed by atoms with E-state index in [9.17, 15) is 4.79 Å². The molecule has 1 aromatic rings. The highest BCUT2D eigenvalue weighted by molar-refractivity contribution is 9.11. The van der Waals surface area contributed by atoms with Crippen molar-refractivity contribution in [2.75, 3.05) is 13.6 Å². The van der Waals surface area contributed by atoms with Gasteiger partial charge in [0, 0.05) is 22.5 Å². The van der Waals surface area contributed by atoms with Crippen molar-refractivity contribution in [3.8, 4) is 0 Å². The first-order valence-corrected chi connectivity index (χ1v) is 7.00. The first-order chi connectivity index (χ1) is 7.70. The Balaban J connectivity index is 2.89. The normalized spacial score (nSPS) is 11.4. The fourth-order valence-corrected chi connectivity index (χ4v) is 2.87. The molecule has 0 spiro atoms. The molecule has 0 fully saturated rings. The highest BCUT2D eigenvalue weighted by Gasteiger charge is 2.20. The van der Waals surface area contributed by atoms with Gasteiger partial charge in [-0.3, -0.25) is 4.79 Å². The van der Waals surface area contributed by atoms with Gasteiger partial charge in [-0.1, -0.05) is 36.7 Å². The number of benzene rings is 1. The molecule has 0 unspecified atom stereocenters. The van der Waals surface area contributed by atoms with Gasteiger partial charge in [-0.15, -0.1) is 0 Å². The molecule has 0 saturated carbocycles. The average Bonchev–Trinajstić information content (AvgIpc) is 2.14. The summed E-state index contributed by atoms with van der Waals surface area (Å²) in [6, 6.07) is 5.59. The molecule has 94 valence electrons. The van der Waals surface area contributed by atoms with E-state index in [1.54, 1.807) is 4.90 Å². The molecule has 1 amide bonds. The first kappa shape index (κ1) is 14.7. The molecule has 0 saturated heterocycles. The predicted octanol–water partition coefficient (Wildman–Crippen LogP) is 4.33. The molecule has 0 radical (unpaired) electrons. The van der Waals surface area contributed by atoms with E-state index < -0.39 is 0 Å². The molecular weight excluding hydrogens is 346 g/mol. The Bertz CT molecular complexity index is 424. The second-order valence-corrected chi connectivity index (χ2v) is 7.12. The number of carbonyl (C=O) groups is 1. The lowest BCUT2D eigenvalue weighted by Crippen LogP contribution is -2.34. The van der Waals surface area contributed by atoms with Crippen molar-refractivity contribution in [3.63, 3.8) is 0 Å². The third-order valence-corrected chi connectivity index (χ3v) is 3.37. The van der Waals surface area contributed by atoms with Crippen LogP contribution in [0.3, 0.4) is 0 Å². The van der Waals surface area contributed by atoms with Crippen LogP contribution in [0.1, 0.15) is 31.1 Å². The van der Waals surface area contributed by atoms with Crippen molar-refractivity contribution in [1.29, 1.82) is 0 Å². The maximum atomic E-state index is 12.2. The summed E-state index contributed by atoms with van der Waals surface area (Å²) in [6.07, 6.45) is 0. The second-order valence-electron chi connectivity index (χ2n) is 5.35. The number of rotatable bonds is 2. The van der Waals surface area contributed by atoms with E-state index in [2.05, 4.69) is 52.6 Å². The Morgan fingerprint density at radius 1 is 1.29 bits per heavy atom. The summed E-state index contributed by atoms with van der Waals surface area (Å²) in [6.45, 7) is 7.09. The number of nitrogens with zero attached hydrogens (tertiary/aromatic N) is 1. The maximum Gasteiger partial charge on any atom is 0.254 e. The van der Waals surface area contributed by atoms with Gasteiger partial charge in [0.05, 0.1) is 5.56 Å². The summed E-state index contributed by atoms with van der Waals surface area (Å²) in [7, 11) is 1.84. The van der Waals surface area contributed by atoms with Gasteiger partial charge in [-0.2, -0.15) is 0 Å². The van der Waals surface area contributed by atoms with Gasteiger partial charge in [0.2, 0.25) is 0 Å². The lowest BCUT2D eigenvalue weighted by molar-refractivity contribution is 0.0744. The minimum atomic E-state index is 0.0410. The van der Waals surface area contributed by atoms with E-state index in [1.807, 2.05) is 25.2 Å². The zero-order valence-corrected chi connectivity index (χ0v) is 13.7. The van der Waals surface area contributed by atoms with Gasteiger partial charge in [0.25, 0.3) is 5.91 Å². The van der Waals surface area contributed by atoms with Gasteiger partial charge >= 0.3 is 0 Å². The molecule has 1 aromatic carbocycles. The monoisotopic (exact) mass is 361 g/mol. The van der Waals surface area contributed by atoms with Crippen molar-refractivity contribution >= 4 is 37.8 Å². The van der Waals surface area contributed by atoms with Crippen molar-refractivity contribution in [3.05, 3.63) is 32.7 Å². The van der Waals surface area contributed by atoms with Gasteiger partial charge in [-0.05, 0) is 39.5 Å². The molecule has 1 rings (SSSR count). The molecule has 0 aromatic heterocycles. The maximum absolute atomic E-state index is 12.2. The van der Waals surface area contributed by atoms with Crippen molar-refractivity contribution in [2.24, 2.45) is 5.41 Å². The Labute approximate surface area is 120 Å².